The lowest BCUT2D eigenvalue weighted by Gasteiger charge is -2.29. The first-order valence-corrected chi connectivity index (χ1v) is 11.7. The van der Waals surface area contributed by atoms with Crippen molar-refractivity contribution in [3.63, 3.8) is 0 Å². The Bertz CT molecular complexity index is 1330. The van der Waals surface area contributed by atoms with E-state index in [1.807, 2.05) is 6.92 Å². The third-order valence-electron chi connectivity index (χ3n) is 5.81. The van der Waals surface area contributed by atoms with Crippen molar-refractivity contribution in [3.8, 4) is 11.5 Å². The molecule has 0 saturated carbocycles. The van der Waals surface area contributed by atoms with Crippen molar-refractivity contribution in [3.05, 3.63) is 77.9 Å². The van der Waals surface area contributed by atoms with E-state index < -0.39 is 18.0 Å². The third-order valence-corrected chi connectivity index (χ3v) is 5.81. The zero-order valence-corrected chi connectivity index (χ0v) is 20.5. The van der Waals surface area contributed by atoms with E-state index in [2.05, 4.69) is 25.1 Å². The Labute approximate surface area is 216 Å². The summed E-state index contributed by atoms with van der Waals surface area (Å²) in [6.07, 6.45) is -1.11. The quantitative estimate of drug-likeness (QED) is 0.451. The second-order valence-corrected chi connectivity index (χ2v) is 8.38. The Morgan fingerprint density at radius 1 is 1.11 bits per heavy atom. The fourth-order valence-electron chi connectivity index (χ4n) is 3.94. The molecule has 0 radical (unpaired) electrons. The number of ether oxygens (including phenoxy) is 2. The summed E-state index contributed by atoms with van der Waals surface area (Å²) in [5, 5.41) is 8.60. The summed E-state index contributed by atoms with van der Waals surface area (Å²) in [4.78, 5) is 32.9. The number of amides is 2. The number of benzene rings is 2. The number of methoxy groups -OCH3 is 1. The van der Waals surface area contributed by atoms with Crippen LogP contribution in [0.15, 0.2) is 66.0 Å². The molecule has 9 nitrogen and oxygen atoms in total. The highest BCUT2D eigenvalue weighted by Gasteiger charge is 2.34. The van der Waals surface area contributed by atoms with E-state index in [0.717, 1.165) is 5.56 Å². The Hall–Kier alpha value is -4.48. The number of halogens is 3. The van der Waals surface area contributed by atoms with Crippen LogP contribution in [0.5, 0.6) is 11.5 Å². The molecule has 1 aromatic heterocycles. The summed E-state index contributed by atoms with van der Waals surface area (Å²) >= 11 is 0. The lowest BCUT2D eigenvalue weighted by molar-refractivity contribution is -0.275. The maximum absolute atomic E-state index is 12.8. The van der Waals surface area contributed by atoms with Crippen LogP contribution in [0.3, 0.4) is 0 Å². The number of carbonyl (C=O) groups excluding carboxylic acids is 2. The normalized spacial score (nSPS) is 15.6. The number of rotatable bonds is 8. The van der Waals surface area contributed by atoms with E-state index in [1.54, 1.807) is 30.3 Å². The highest BCUT2D eigenvalue weighted by molar-refractivity contribution is 6.06. The Morgan fingerprint density at radius 2 is 1.82 bits per heavy atom. The van der Waals surface area contributed by atoms with Crippen molar-refractivity contribution in [2.24, 2.45) is 11.0 Å². The fourth-order valence-corrected chi connectivity index (χ4v) is 3.94. The predicted octanol–water partition coefficient (Wildman–Crippen LogP) is 4.80. The van der Waals surface area contributed by atoms with Crippen molar-refractivity contribution < 1.29 is 32.2 Å². The van der Waals surface area contributed by atoms with Crippen molar-refractivity contribution in [1.29, 1.82) is 0 Å². The molecule has 12 heteroatoms. The summed E-state index contributed by atoms with van der Waals surface area (Å²) in [7, 11) is 1.25. The molecule has 198 valence electrons. The molecule has 1 unspecified atom stereocenters. The number of alkyl halides is 3. The van der Waals surface area contributed by atoms with E-state index >= 15 is 0 Å². The number of carbonyl (C=O) groups is 2. The average Bonchev–Trinajstić information content (AvgIpc) is 2.90. The fraction of sp³-hybridized carbons (Fsp3) is 0.269. The number of aromatic nitrogens is 2. The van der Waals surface area contributed by atoms with Crippen molar-refractivity contribution >= 4 is 23.2 Å². The molecule has 2 heterocycles. The molecule has 1 aliphatic rings. The highest BCUT2D eigenvalue weighted by atomic mass is 19.4. The molecule has 38 heavy (non-hydrogen) atoms. The maximum Gasteiger partial charge on any atom is 0.573 e. The van der Waals surface area contributed by atoms with Gasteiger partial charge in [-0.3, -0.25) is 9.59 Å². The van der Waals surface area contributed by atoms with Gasteiger partial charge in [0, 0.05) is 36.0 Å². The Morgan fingerprint density at radius 3 is 2.45 bits per heavy atom. The van der Waals surface area contributed by atoms with Gasteiger partial charge in [-0.2, -0.15) is 5.10 Å². The summed E-state index contributed by atoms with van der Waals surface area (Å²) in [5.74, 6) is -1.37. The largest absolute Gasteiger partial charge is 0.573 e. The van der Waals surface area contributed by atoms with Crippen LogP contribution in [0.2, 0.25) is 0 Å². The van der Waals surface area contributed by atoms with Gasteiger partial charge < -0.3 is 14.8 Å². The number of anilines is 1. The molecule has 4 rings (SSSR count). The molecule has 2 amide bonds. The minimum atomic E-state index is -4.86. The SMILES string of the molecule is CCC1CC(=O)N(Cc2ccc(NC(=O)c3ncccn3)cc2)N=C1c1ccc(OC(F)(F)F)c(OC)c1. The van der Waals surface area contributed by atoms with Crippen molar-refractivity contribution in [2.75, 3.05) is 12.4 Å². The van der Waals surface area contributed by atoms with Crippen molar-refractivity contribution in [2.45, 2.75) is 32.7 Å². The smallest absolute Gasteiger partial charge is 0.493 e. The molecular weight excluding hydrogens is 503 g/mol. The van der Waals surface area contributed by atoms with Crippen molar-refractivity contribution in [1.82, 2.24) is 15.0 Å². The molecule has 3 aromatic rings. The molecule has 0 aliphatic carbocycles. The second kappa shape index (κ2) is 11.3. The van der Waals surface area contributed by atoms with Crippen LogP contribution >= 0.6 is 0 Å². The van der Waals surface area contributed by atoms with Crippen LogP contribution in [0.4, 0.5) is 18.9 Å². The topological polar surface area (TPSA) is 106 Å². The molecule has 0 saturated heterocycles. The standard InChI is InChI=1S/C26H24F3N5O4/c1-3-17-14-22(35)34(33-23(17)18-7-10-20(21(13-18)37-2)38-26(27,28)29)15-16-5-8-19(9-6-16)32-25(36)24-30-11-4-12-31-24/h4-13,17H,3,14-15H2,1-2H3,(H,32,36). The minimum absolute atomic E-state index is 0.0393. The summed E-state index contributed by atoms with van der Waals surface area (Å²) in [5.41, 5.74) is 2.38. The van der Waals surface area contributed by atoms with Crippen LogP contribution < -0.4 is 14.8 Å². The van der Waals surface area contributed by atoms with Gasteiger partial charge in [-0.05, 0) is 48.4 Å². The van der Waals surface area contributed by atoms with Gasteiger partial charge in [0.15, 0.2) is 11.5 Å². The lowest BCUT2D eigenvalue weighted by Crippen LogP contribution is -2.36. The predicted molar refractivity (Wildman–Crippen MR) is 132 cm³/mol. The van der Waals surface area contributed by atoms with Gasteiger partial charge in [0.1, 0.15) is 0 Å². The van der Waals surface area contributed by atoms with Crippen LogP contribution in [-0.4, -0.2) is 46.0 Å². The Balaban J connectivity index is 1.53. The molecule has 0 spiro atoms. The molecule has 1 atom stereocenters. The number of nitrogens with one attached hydrogen (secondary N) is 1. The number of hydrogen-bond donors (Lipinski definition) is 1. The first-order valence-electron chi connectivity index (χ1n) is 11.7. The van der Waals surface area contributed by atoms with Gasteiger partial charge in [-0.25, -0.2) is 15.0 Å². The zero-order valence-electron chi connectivity index (χ0n) is 20.5. The lowest BCUT2D eigenvalue weighted by atomic mass is 9.89. The van der Waals surface area contributed by atoms with Crippen LogP contribution in [0.25, 0.3) is 0 Å². The molecule has 1 aliphatic heterocycles. The average molecular weight is 528 g/mol. The first kappa shape index (κ1) is 26.6. The molecule has 2 aromatic carbocycles. The van der Waals surface area contributed by atoms with Crippen LogP contribution in [0.1, 0.15) is 41.5 Å². The van der Waals surface area contributed by atoms with Crippen LogP contribution in [0, 0.1) is 5.92 Å². The highest BCUT2D eigenvalue weighted by Crippen LogP contribution is 2.35. The van der Waals surface area contributed by atoms with E-state index in [1.165, 1.54) is 42.7 Å². The molecule has 1 N–H and O–H groups in total. The molecular formula is C26H24F3N5O4. The second-order valence-electron chi connectivity index (χ2n) is 8.38. The third kappa shape index (κ3) is 6.44. The van der Waals surface area contributed by atoms with E-state index in [9.17, 15) is 22.8 Å². The van der Waals surface area contributed by atoms with Crippen LogP contribution in [-0.2, 0) is 11.3 Å². The first-order chi connectivity index (χ1) is 18.2. The van der Waals surface area contributed by atoms with E-state index in [4.69, 9.17) is 4.74 Å². The maximum atomic E-state index is 12.8. The van der Waals surface area contributed by atoms with E-state index in [-0.39, 0.29) is 36.4 Å². The van der Waals surface area contributed by atoms with E-state index in [0.29, 0.717) is 23.4 Å². The van der Waals surface area contributed by atoms with Gasteiger partial charge in [-0.1, -0.05) is 19.1 Å². The molecule has 0 bridgehead atoms. The monoisotopic (exact) mass is 527 g/mol. The van der Waals surface area contributed by atoms with Gasteiger partial charge in [0.25, 0.3) is 5.91 Å². The van der Waals surface area contributed by atoms with Gasteiger partial charge in [-0.15, -0.1) is 13.2 Å². The van der Waals surface area contributed by atoms with Gasteiger partial charge in [0.2, 0.25) is 11.7 Å². The minimum Gasteiger partial charge on any atom is -0.493 e. The summed E-state index contributed by atoms with van der Waals surface area (Å²) in [6.45, 7) is 2.08. The summed E-state index contributed by atoms with van der Waals surface area (Å²) < 4.78 is 47.3. The van der Waals surface area contributed by atoms with Gasteiger partial charge in [0.05, 0.1) is 19.4 Å². The number of hydrazone groups is 1. The summed E-state index contributed by atoms with van der Waals surface area (Å²) in [6, 6.07) is 12.5. The van der Waals surface area contributed by atoms with Gasteiger partial charge >= 0.3 is 6.36 Å². The number of nitrogens with zero attached hydrogens (tertiary/aromatic N) is 4. The zero-order chi connectivity index (χ0) is 27.3. The Kier molecular flexibility index (Phi) is 7.89. The number of hydrogen-bond acceptors (Lipinski definition) is 7. The molecule has 0 fully saturated rings.